The first-order valence-electron chi connectivity index (χ1n) is 6.76. The summed E-state index contributed by atoms with van der Waals surface area (Å²) in [7, 11) is 0. The van der Waals surface area contributed by atoms with Crippen LogP contribution in [0.3, 0.4) is 0 Å². The molecule has 1 unspecified atom stereocenters. The molecule has 0 radical (unpaired) electrons. The van der Waals surface area contributed by atoms with Crippen molar-refractivity contribution in [3.8, 4) is 0 Å². The van der Waals surface area contributed by atoms with Crippen LogP contribution in [0.4, 0.5) is 5.82 Å². The highest BCUT2D eigenvalue weighted by molar-refractivity contribution is 5.93. The number of nitrogens with zero attached hydrogens (tertiary/aromatic N) is 2. The maximum atomic E-state index is 12.3. The van der Waals surface area contributed by atoms with E-state index in [4.69, 9.17) is 0 Å². The van der Waals surface area contributed by atoms with Crippen molar-refractivity contribution in [2.24, 2.45) is 5.41 Å². The van der Waals surface area contributed by atoms with Crippen molar-refractivity contribution in [1.29, 1.82) is 0 Å². The van der Waals surface area contributed by atoms with Crippen LogP contribution in [0.5, 0.6) is 0 Å². The Labute approximate surface area is 120 Å². The molecule has 0 aliphatic carbocycles. The minimum atomic E-state index is -0.900. The fourth-order valence-corrected chi connectivity index (χ4v) is 2.80. The molecule has 2 N–H and O–H groups in total. The fraction of sp³-hybridized carbons (Fsp3) is 0.538. The average Bonchev–Trinajstić information content (AvgIpc) is 3.06. The number of hydrogen-bond acceptors (Lipinski definition) is 4. The molecule has 0 spiro atoms. The molecule has 1 atom stereocenters. The Morgan fingerprint density at radius 1 is 1.52 bits per heavy atom. The average molecular weight is 295 g/mol. The molecule has 114 valence electrons. The van der Waals surface area contributed by atoms with Gasteiger partial charge in [0.1, 0.15) is 0 Å². The topological polar surface area (TPSA) is 117 Å². The van der Waals surface area contributed by atoms with E-state index < -0.39 is 22.2 Å². The first-order chi connectivity index (χ1) is 9.89. The van der Waals surface area contributed by atoms with E-state index in [0.29, 0.717) is 19.4 Å². The number of nitro groups is 1. The second-order valence-corrected chi connectivity index (χ2v) is 5.33. The SMILES string of the molecule is CCCC1(C(=O)O)CCN(C(=O)c2ccc([N+](=O)[O-])[nH]2)C1. The van der Waals surface area contributed by atoms with Crippen LogP contribution in [0.15, 0.2) is 12.1 Å². The lowest BCUT2D eigenvalue weighted by molar-refractivity contribution is -0.389. The predicted molar refractivity (Wildman–Crippen MR) is 72.9 cm³/mol. The molecule has 1 aromatic rings. The molecule has 1 saturated heterocycles. The van der Waals surface area contributed by atoms with Crippen molar-refractivity contribution in [2.45, 2.75) is 26.2 Å². The molecular formula is C13H17N3O5. The monoisotopic (exact) mass is 295 g/mol. The minimum Gasteiger partial charge on any atom is -0.481 e. The molecule has 1 aliphatic heterocycles. The molecule has 8 nitrogen and oxygen atoms in total. The van der Waals surface area contributed by atoms with Gasteiger partial charge in [0, 0.05) is 19.2 Å². The van der Waals surface area contributed by atoms with Crippen molar-refractivity contribution in [3.05, 3.63) is 27.9 Å². The third-order valence-electron chi connectivity index (χ3n) is 3.92. The number of hydrogen-bond donors (Lipinski definition) is 2. The van der Waals surface area contributed by atoms with Gasteiger partial charge >= 0.3 is 11.8 Å². The normalized spacial score (nSPS) is 21.5. The Balaban J connectivity index is 2.14. The van der Waals surface area contributed by atoms with Gasteiger partial charge in [0.15, 0.2) is 5.69 Å². The number of likely N-dealkylation sites (tertiary alicyclic amines) is 1. The number of aromatic nitrogens is 1. The number of aromatic amines is 1. The van der Waals surface area contributed by atoms with Crippen LogP contribution in [0.1, 0.15) is 36.7 Å². The molecule has 1 amide bonds. The van der Waals surface area contributed by atoms with Crippen LogP contribution in [0.25, 0.3) is 0 Å². The highest BCUT2D eigenvalue weighted by Crippen LogP contribution is 2.36. The number of aliphatic carboxylic acids is 1. The number of carbonyl (C=O) groups excluding carboxylic acids is 1. The Kier molecular flexibility index (Phi) is 3.97. The van der Waals surface area contributed by atoms with Crippen LogP contribution in [-0.2, 0) is 4.79 Å². The smallest absolute Gasteiger partial charge is 0.321 e. The zero-order valence-electron chi connectivity index (χ0n) is 11.7. The van der Waals surface area contributed by atoms with Crippen molar-refractivity contribution < 1.29 is 19.6 Å². The molecule has 2 rings (SSSR count). The second kappa shape index (κ2) is 5.55. The van der Waals surface area contributed by atoms with Gasteiger partial charge in [-0.3, -0.25) is 9.59 Å². The van der Waals surface area contributed by atoms with Crippen molar-refractivity contribution in [2.75, 3.05) is 13.1 Å². The van der Waals surface area contributed by atoms with Crippen LogP contribution < -0.4 is 0 Å². The Bertz CT molecular complexity index is 582. The Morgan fingerprint density at radius 2 is 2.24 bits per heavy atom. The van der Waals surface area contributed by atoms with Gasteiger partial charge in [-0.15, -0.1) is 0 Å². The van der Waals surface area contributed by atoms with Crippen LogP contribution in [0.2, 0.25) is 0 Å². The number of nitrogens with one attached hydrogen (secondary N) is 1. The molecule has 0 aromatic carbocycles. The van der Waals surface area contributed by atoms with E-state index in [9.17, 15) is 24.8 Å². The minimum absolute atomic E-state index is 0.111. The Morgan fingerprint density at radius 3 is 2.76 bits per heavy atom. The highest BCUT2D eigenvalue weighted by Gasteiger charge is 2.46. The van der Waals surface area contributed by atoms with Gasteiger partial charge in [0.2, 0.25) is 0 Å². The van der Waals surface area contributed by atoms with Gasteiger partial charge in [0.25, 0.3) is 5.91 Å². The summed E-state index contributed by atoms with van der Waals surface area (Å²) in [6.07, 6.45) is 1.64. The molecule has 1 aromatic heterocycles. The van der Waals surface area contributed by atoms with E-state index in [1.54, 1.807) is 0 Å². The summed E-state index contributed by atoms with van der Waals surface area (Å²) in [6, 6.07) is 2.57. The maximum absolute atomic E-state index is 12.3. The standard InChI is InChI=1S/C13H17N3O5/c1-2-5-13(12(18)19)6-7-15(8-13)11(17)9-3-4-10(14-9)16(20)21/h3-4,14H,2,5-8H2,1H3,(H,18,19). The van der Waals surface area contributed by atoms with E-state index in [1.807, 2.05) is 6.92 Å². The van der Waals surface area contributed by atoms with Crippen LogP contribution in [-0.4, -0.2) is 44.9 Å². The highest BCUT2D eigenvalue weighted by atomic mass is 16.6. The summed E-state index contributed by atoms with van der Waals surface area (Å²) in [5.41, 5.74) is -0.789. The molecule has 2 heterocycles. The summed E-state index contributed by atoms with van der Waals surface area (Å²) in [4.78, 5) is 37.6. The van der Waals surface area contributed by atoms with E-state index >= 15 is 0 Å². The van der Waals surface area contributed by atoms with Crippen molar-refractivity contribution in [1.82, 2.24) is 9.88 Å². The number of carboxylic acids is 1. The van der Waals surface area contributed by atoms with Gasteiger partial charge in [-0.1, -0.05) is 13.3 Å². The maximum Gasteiger partial charge on any atom is 0.321 e. The number of H-pyrrole nitrogens is 1. The summed E-state index contributed by atoms with van der Waals surface area (Å²) < 4.78 is 0. The lowest BCUT2D eigenvalue weighted by Gasteiger charge is -2.23. The van der Waals surface area contributed by atoms with Crippen molar-refractivity contribution >= 4 is 17.7 Å². The first kappa shape index (κ1) is 15.0. The molecule has 1 aliphatic rings. The molecule has 0 saturated carbocycles. The zero-order chi connectivity index (χ0) is 15.6. The first-order valence-corrected chi connectivity index (χ1v) is 6.76. The molecule has 1 fully saturated rings. The summed E-state index contributed by atoms with van der Waals surface area (Å²) >= 11 is 0. The number of amides is 1. The molecule has 0 bridgehead atoms. The lowest BCUT2D eigenvalue weighted by Crippen LogP contribution is -2.37. The zero-order valence-corrected chi connectivity index (χ0v) is 11.7. The van der Waals surface area contributed by atoms with E-state index in [-0.39, 0.29) is 18.1 Å². The van der Waals surface area contributed by atoms with Crippen LogP contribution in [0, 0.1) is 15.5 Å². The summed E-state index contributed by atoms with van der Waals surface area (Å²) in [5, 5.41) is 20.0. The van der Waals surface area contributed by atoms with Gasteiger partial charge in [-0.2, -0.15) is 0 Å². The van der Waals surface area contributed by atoms with Crippen LogP contribution >= 0.6 is 0 Å². The third-order valence-corrected chi connectivity index (χ3v) is 3.92. The molecular weight excluding hydrogens is 278 g/mol. The molecule has 8 heteroatoms. The van der Waals surface area contributed by atoms with E-state index in [0.717, 1.165) is 6.42 Å². The van der Waals surface area contributed by atoms with E-state index in [1.165, 1.54) is 17.0 Å². The van der Waals surface area contributed by atoms with Gasteiger partial charge < -0.3 is 20.1 Å². The largest absolute Gasteiger partial charge is 0.481 e. The third kappa shape index (κ3) is 2.74. The Hall–Kier alpha value is -2.38. The summed E-state index contributed by atoms with van der Waals surface area (Å²) in [5.74, 6) is -1.55. The van der Waals surface area contributed by atoms with Gasteiger partial charge in [-0.25, -0.2) is 4.98 Å². The van der Waals surface area contributed by atoms with Crippen molar-refractivity contribution in [3.63, 3.8) is 0 Å². The number of carboxylic acid groups (broad SMARTS) is 1. The van der Waals surface area contributed by atoms with E-state index in [2.05, 4.69) is 4.98 Å². The number of rotatable bonds is 5. The predicted octanol–water partition coefficient (Wildman–Crippen LogP) is 1.64. The number of carbonyl (C=O) groups is 2. The lowest BCUT2D eigenvalue weighted by atomic mass is 9.83. The second-order valence-electron chi connectivity index (χ2n) is 5.33. The quantitative estimate of drug-likeness (QED) is 0.632. The van der Waals surface area contributed by atoms with Gasteiger partial charge in [-0.05, 0) is 23.8 Å². The molecule has 21 heavy (non-hydrogen) atoms. The fourth-order valence-electron chi connectivity index (χ4n) is 2.80. The van der Waals surface area contributed by atoms with Gasteiger partial charge in [0.05, 0.1) is 5.41 Å². The summed E-state index contributed by atoms with van der Waals surface area (Å²) in [6.45, 7) is 2.39.